The maximum absolute atomic E-state index is 10.2. The molecule has 0 radical (unpaired) electrons. The van der Waals surface area contributed by atoms with Gasteiger partial charge in [0.1, 0.15) is 22.9 Å². The van der Waals surface area contributed by atoms with Gasteiger partial charge in [-0.15, -0.1) is 0 Å². The Kier molecular flexibility index (Phi) is 7.28. The van der Waals surface area contributed by atoms with E-state index in [0.29, 0.717) is 30.4 Å². The molecule has 0 aliphatic rings. The van der Waals surface area contributed by atoms with Gasteiger partial charge in [0.25, 0.3) is 0 Å². The molecule has 0 saturated heterocycles. The zero-order chi connectivity index (χ0) is 21.4. The van der Waals surface area contributed by atoms with E-state index >= 15 is 0 Å². The van der Waals surface area contributed by atoms with E-state index in [1.54, 1.807) is 32.3 Å². The van der Waals surface area contributed by atoms with E-state index in [0.717, 1.165) is 30.8 Å². The third-order valence-electron chi connectivity index (χ3n) is 4.35. The third-order valence-corrected chi connectivity index (χ3v) is 4.35. The molecule has 1 aromatic carbocycles. The number of benzene rings is 1. The number of nitrogens with one attached hydrogen (secondary N) is 1. The highest BCUT2D eigenvalue weighted by Crippen LogP contribution is 2.18. The van der Waals surface area contributed by atoms with Crippen LogP contribution >= 0.6 is 0 Å². The zero-order valence-corrected chi connectivity index (χ0v) is 17.7. The fraction of sp³-hybridized carbons (Fsp3) is 0.391. The van der Waals surface area contributed by atoms with Gasteiger partial charge in [0.15, 0.2) is 0 Å². The summed E-state index contributed by atoms with van der Waals surface area (Å²) in [5.41, 5.74) is 0.550. The van der Waals surface area contributed by atoms with Crippen molar-refractivity contribution in [2.45, 2.75) is 39.3 Å². The summed E-state index contributed by atoms with van der Waals surface area (Å²) in [5.74, 6) is 7.95. The number of aliphatic hydroxyl groups is 1. The van der Waals surface area contributed by atoms with Crippen molar-refractivity contribution in [2.75, 3.05) is 19.7 Å². The molecule has 0 aliphatic carbocycles. The van der Waals surface area contributed by atoms with Gasteiger partial charge in [-0.25, -0.2) is 4.98 Å². The lowest BCUT2D eigenvalue weighted by Crippen LogP contribution is -2.22. The molecule has 30 heavy (non-hydrogen) atoms. The standard InChI is InChI=1S/C23H28N4O3/c1-4-24-12-5-15-29-20-9-6-18(7-10-20)8-11-21-16-19(26-30-21)17-27-14-13-25-22(27)23(2,3)28/h6-7,9-10,13-14,16,24,28H,4-5,12,15,17H2,1-3H3. The maximum atomic E-state index is 10.2. The van der Waals surface area contributed by atoms with Gasteiger partial charge < -0.3 is 24.3 Å². The Morgan fingerprint density at radius 1 is 1.23 bits per heavy atom. The molecule has 3 aromatic rings. The minimum atomic E-state index is -1.03. The molecule has 0 amide bonds. The molecule has 0 spiro atoms. The second kappa shape index (κ2) is 10.1. The van der Waals surface area contributed by atoms with Crippen molar-refractivity contribution >= 4 is 0 Å². The highest BCUT2D eigenvalue weighted by atomic mass is 16.5. The molecule has 2 aromatic heterocycles. The van der Waals surface area contributed by atoms with E-state index in [1.165, 1.54) is 0 Å². The number of nitrogens with zero attached hydrogens (tertiary/aromatic N) is 3. The Morgan fingerprint density at radius 3 is 2.77 bits per heavy atom. The Bertz CT molecular complexity index is 988. The number of hydrogen-bond donors (Lipinski definition) is 2. The van der Waals surface area contributed by atoms with Crippen LogP contribution in [0, 0.1) is 11.8 Å². The molecule has 7 nitrogen and oxygen atoms in total. The topological polar surface area (TPSA) is 85.3 Å². The van der Waals surface area contributed by atoms with Crippen molar-refractivity contribution < 1.29 is 14.4 Å². The number of aromatic nitrogens is 3. The third kappa shape index (κ3) is 6.21. The van der Waals surface area contributed by atoms with Crippen molar-refractivity contribution in [1.82, 2.24) is 20.0 Å². The van der Waals surface area contributed by atoms with E-state index in [-0.39, 0.29) is 0 Å². The molecule has 0 saturated carbocycles. The summed E-state index contributed by atoms with van der Waals surface area (Å²) in [4.78, 5) is 4.22. The SMILES string of the molecule is CCNCCCOc1ccc(C#Cc2cc(Cn3ccnc3C(C)(C)O)no2)cc1. The largest absolute Gasteiger partial charge is 0.494 e. The molecule has 0 fully saturated rings. The van der Waals surface area contributed by atoms with Gasteiger partial charge in [0.2, 0.25) is 5.76 Å². The molecular formula is C23H28N4O3. The maximum Gasteiger partial charge on any atom is 0.210 e. The van der Waals surface area contributed by atoms with Crippen LogP contribution < -0.4 is 10.1 Å². The van der Waals surface area contributed by atoms with E-state index < -0.39 is 5.60 Å². The second-order valence-electron chi connectivity index (χ2n) is 7.45. The molecule has 158 valence electrons. The van der Waals surface area contributed by atoms with Crippen LogP contribution in [0.3, 0.4) is 0 Å². The average Bonchev–Trinajstić information content (AvgIpc) is 3.37. The highest BCUT2D eigenvalue weighted by molar-refractivity contribution is 5.41. The summed E-state index contributed by atoms with van der Waals surface area (Å²) >= 11 is 0. The van der Waals surface area contributed by atoms with Gasteiger partial charge in [-0.2, -0.15) is 0 Å². The summed E-state index contributed by atoms with van der Waals surface area (Å²) in [6, 6.07) is 9.47. The smallest absolute Gasteiger partial charge is 0.210 e. The summed E-state index contributed by atoms with van der Waals surface area (Å²) in [7, 11) is 0. The first-order chi connectivity index (χ1) is 14.5. The molecule has 0 aliphatic heterocycles. The average molecular weight is 409 g/mol. The minimum Gasteiger partial charge on any atom is -0.494 e. The monoisotopic (exact) mass is 408 g/mol. The summed E-state index contributed by atoms with van der Waals surface area (Å²) < 4.78 is 12.9. The predicted octanol–water partition coefficient (Wildman–Crippen LogP) is 2.93. The van der Waals surface area contributed by atoms with Crippen LogP contribution in [0.15, 0.2) is 47.2 Å². The van der Waals surface area contributed by atoms with Crippen LogP contribution in [-0.4, -0.2) is 39.5 Å². The predicted molar refractivity (Wildman–Crippen MR) is 114 cm³/mol. The van der Waals surface area contributed by atoms with Crippen LogP contribution in [-0.2, 0) is 12.1 Å². The van der Waals surface area contributed by atoms with Crippen LogP contribution in [0.5, 0.6) is 5.75 Å². The first-order valence-corrected chi connectivity index (χ1v) is 10.1. The van der Waals surface area contributed by atoms with Crippen LogP contribution in [0.2, 0.25) is 0 Å². The van der Waals surface area contributed by atoms with Crippen LogP contribution in [0.1, 0.15) is 50.0 Å². The number of imidazole rings is 1. The van der Waals surface area contributed by atoms with Crippen LogP contribution in [0.4, 0.5) is 0 Å². The fourth-order valence-electron chi connectivity index (χ4n) is 2.92. The van der Waals surface area contributed by atoms with E-state index in [4.69, 9.17) is 9.26 Å². The lowest BCUT2D eigenvalue weighted by molar-refractivity contribution is 0.0651. The van der Waals surface area contributed by atoms with Gasteiger partial charge in [0, 0.05) is 24.0 Å². The summed E-state index contributed by atoms with van der Waals surface area (Å²) in [6.07, 6.45) is 4.43. The Labute approximate surface area is 177 Å². The van der Waals surface area contributed by atoms with E-state index in [2.05, 4.69) is 34.2 Å². The zero-order valence-electron chi connectivity index (χ0n) is 17.7. The molecule has 3 rings (SSSR count). The molecule has 2 N–H and O–H groups in total. The van der Waals surface area contributed by atoms with Crippen LogP contribution in [0.25, 0.3) is 0 Å². The van der Waals surface area contributed by atoms with Crippen molar-refractivity contribution in [3.05, 3.63) is 65.6 Å². The van der Waals surface area contributed by atoms with Gasteiger partial charge in [0.05, 0.1) is 13.2 Å². The van der Waals surface area contributed by atoms with Gasteiger partial charge in [-0.05, 0) is 63.5 Å². The van der Waals surface area contributed by atoms with Crippen molar-refractivity contribution in [1.29, 1.82) is 0 Å². The number of rotatable bonds is 9. The quantitative estimate of drug-likeness (QED) is 0.418. The summed E-state index contributed by atoms with van der Waals surface area (Å²) in [5, 5.41) is 17.5. The first kappa shape index (κ1) is 21.6. The Hall–Kier alpha value is -3.08. The lowest BCUT2D eigenvalue weighted by atomic mass is 10.1. The minimum absolute atomic E-state index is 0.449. The van der Waals surface area contributed by atoms with Gasteiger partial charge in [-0.1, -0.05) is 18.0 Å². The van der Waals surface area contributed by atoms with Gasteiger partial charge >= 0.3 is 0 Å². The second-order valence-corrected chi connectivity index (χ2v) is 7.45. The normalized spacial score (nSPS) is 11.2. The molecule has 0 atom stereocenters. The molecule has 7 heteroatoms. The number of ether oxygens (including phenoxy) is 1. The van der Waals surface area contributed by atoms with E-state index in [1.807, 2.05) is 28.8 Å². The summed E-state index contributed by atoms with van der Waals surface area (Å²) in [6.45, 7) is 8.56. The molecule has 0 unspecified atom stereocenters. The van der Waals surface area contributed by atoms with Gasteiger partial charge in [-0.3, -0.25) is 0 Å². The van der Waals surface area contributed by atoms with E-state index in [9.17, 15) is 5.11 Å². The lowest BCUT2D eigenvalue weighted by Gasteiger charge is -2.17. The number of hydrogen-bond acceptors (Lipinski definition) is 6. The van der Waals surface area contributed by atoms with Crippen molar-refractivity contribution in [3.8, 4) is 17.6 Å². The molecule has 0 bridgehead atoms. The Balaban J connectivity index is 1.56. The highest BCUT2D eigenvalue weighted by Gasteiger charge is 2.22. The fourth-order valence-corrected chi connectivity index (χ4v) is 2.92. The molecular weight excluding hydrogens is 380 g/mol. The van der Waals surface area contributed by atoms with Crippen molar-refractivity contribution in [3.63, 3.8) is 0 Å². The first-order valence-electron chi connectivity index (χ1n) is 10.1. The Morgan fingerprint density at radius 2 is 2.03 bits per heavy atom. The van der Waals surface area contributed by atoms with Crippen molar-refractivity contribution in [2.24, 2.45) is 0 Å². The molecule has 2 heterocycles.